The fourth-order valence-corrected chi connectivity index (χ4v) is 5.25. The van der Waals surface area contributed by atoms with Gasteiger partial charge in [0.05, 0.1) is 12.2 Å². The molecule has 206 valence electrons. The van der Waals surface area contributed by atoms with Crippen LogP contribution in [0.25, 0.3) is 39.6 Å². The van der Waals surface area contributed by atoms with Crippen molar-refractivity contribution in [2.24, 2.45) is 0 Å². The maximum absolute atomic E-state index is 4.84. The molecule has 41 heavy (non-hydrogen) atoms. The molecule has 1 N–H and O–H groups in total. The van der Waals surface area contributed by atoms with Gasteiger partial charge in [0.15, 0.2) is 5.82 Å². The molecule has 0 saturated carbocycles. The van der Waals surface area contributed by atoms with Crippen LogP contribution in [-0.4, -0.2) is 40.0 Å². The van der Waals surface area contributed by atoms with Gasteiger partial charge in [-0.25, -0.2) is 9.67 Å². The third kappa shape index (κ3) is 5.59. The molecular formula is C33H34N8. The van der Waals surface area contributed by atoms with Crippen molar-refractivity contribution >= 4 is 0 Å². The van der Waals surface area contributed by atoms with Gasteiger partial charge in [-0.15, -0.1) is 10.2 Å². The molecule has 3 aromatic carbocycles. The minimum Gasteiger partial charge on any atom is -0.306 e. The van der Waals surface area contributed by atoms with E-state index in [0.717, 1.165) is 77.5 Å². The monoisotopic (exact) mass is 542 g/mol. The van der Waals surface area contributed by atoms with Crippen LogP contribution >= 0.6 is 0 Å². The van der Waals surface area contributed by atoms with Crippen LogP contribution in [0.5, 0.6) is 0 Å². The Labute approximate surface area is 240 Å². The molecule has 0 saturated heterocycles. The highest BCUT2D eigenvalue weighted by atomic mass is 15.5. The molecular weight excluding hydrogens is 508 g/mol. The smallest absolute Gasteiger partial charge is 0.222 e. The van der Waals surface area contributed by atoms with Crippen molar-refractivity contribution in [3.05, 3.63) is 108 Å². The second-order valence-corrected chi connectivity index (χ2v) is 10.2. The number of aromatic amines is 1. The van der Waals surface area contributed by atoms with Gasteiger partial charge < -0.3 is 4.57 Å². The number of aryl methyl sites for hydroxylation is 2. The highest BCUT2D eigenvalue weighted by molar-refractivity contribution is 5.86. The molecule has 6 rings (SSSR count). The van der Waals surface area contributed by atoms with E-state index in [-0.39, 0.29) is 0 Å². The normalized spacial score (nSPS) is 11.3. The molecule has 8 heteroatoms. The summed E-state index contributed by atoms with van der Waals surface area (Å²) >= 11 is 0. The van der Waals surface area contributed by atoms with E-state index in [1.54, 1.807) is 0 Å². The van der Waals surface area contributed by atoms with Gasteiger partial charge in [-0.2, -0.15) is 10.3 Å². The Balaban J connectivity index is 1.44. The van der Waals surface area contributed by atoms with Crippen molar-refractivity contribution in [3.63, 3.8) is 0 Å². The predicted molar refractivity (Wildman–Crippen MR) is 162 cm³/mol. The number of hydrogen-bond donors (Lipinski definition) is 1. The molecule has 3 heterocycles. The third-order valence-electron chi connectivity index (χ3n) is 7.26. The van der Waals surface area contributed by atoms with E-state index in [4.69, 9.17) is 10.1 Å². The Morgan fingerprint density at radius 3 is 2.17 bits per heavy atom. The minimum absolute atomic E-state index is 0.543. The molecule has 8 nitrogen and oxygen atoms in total. The number of H-pyrrole nitrogens is 1. The topological polar surface area (TPSA) is 90.1 Å². The van der Waals surface area contributed by atoms with E-state index in [0.29, 0.717) is 12.4 Å². The Hall–Kier alpha value is -4.85. The number of unbranched alkanes of at least 4 members (excludes halogenated alkanes) is 1. The van der Waals surface area contributed by atoms with Crippen molar-refractivity contribution in [1.29, 1.82) is 0 Å². The first kappa shape index (κ1) is 26.4. The molecule has 0 bridgehead atoms. The van der Waals surface area contributed by atoms with E-state index in [1.807, 2.05) is 12.1 Å². The largest absolute Gasteiger partial charge is 0.306 e. The molecule has 0 aliphatic rings. The Morgan fingerprint density at radius 1 is 0.780 bits per heavy atom. The molecule has 0 aliphatic carbocycles. The fraction of sp³-hybridized carbons (Fsp3) is 0.242. The molecule has 0 fully saturated rings. The Bertz CT molecular complexity index is 1680. The second-order valence-electron chi connectivity index (χ2n) is 10.2. The van der Waals surface area contributed by atoms with Crippen molar-refractivity contribution in [1.82, 2.24) is 40.0 Å². The van der Waals surface area contributed by atoms with Gasteiger partial charge in [-0.3, -0.25) is 0 Å². The Kier molecular flexibility index (Phi) is 7.80. The molecule has 0 aliphatic heterocycles. The summed E-state index contributed by atoms with van der Waals surface area (Å²) in [7, 11) is 0. The van der Waals surface area contributed by atoms with E-state index >= 15 is 0 Å². The lowest BCUT2D eigenvalue weighted by atomic mass is 10.0. The molecule has 0 amide bonds. The van der Waals surface area contributed by atoms with Gasteiger partial charge in [0, 0.05) is 24.1 Å². The quantitative estimate of drug-likeness (QED) is 0.192. The van der Waals surface area contributed by atoms with E-state index < -0.39 is 0 Å². The van der Waals surface area contributed by atoms with E-state index in [9.17, 15) is 0 Å². The molecule has 6 aromatic rings. The van der Waals surface area contributed by atoms with Gasteiger partial charge in [0.2, 0.25) is 5.82 Å². The number of tetrazole rings is 1. The first-order valence-corrected chi connectivity index (χ1v) is 14.4. The zero-order chi connectivity index (χ0) is 28.0. The molecule has 0 spiro atoms. The van der Waals surface area contributed by atoms with Crippen molar-refractivity contribution in [3.8, 4) is 39.6 Å². The predicted octanol–water partition coefficient (Wildman–Crippen LogP) is 6.93. The summed E-state index contributed by atoms with van der Waals surface area (Å²) in [5.41, 5.74) is 7.38. The minimum atomic E-state index is 0.543. The highest BCUT2D eigenvalue weighted by Gasteiger charge is 2.23. The first-order valence-electron chi connectivity index (χ1n) is 14.4. The van der Waals surface area contributed by atoms with Crippen LogP contribution in [0, 0.1) is 0 Å². The summed E-state index contributed by atoms with van der Waals surface area (Å²) in [4.78, 5) is 4.84. The average Bonchev–Trinajstić information content (AvgIpc) is 3.77. The van der Waals surface area contributed by atoms with Crippen LogP contribution in [0.15, 0.2) is 91.0 Å². The maximum Gasteiger partial charge on any atom is 0.222 e. The van der Waals surface area contributed by atoms with Crippen molar-refractivity contribution in [2.75, 3.05) is 0 Å². The molecule has 3 aromatic heterocycles. The van der Waals surface area contributed by atoms with Gasteiger partial charge >= 0.3 is 0 Å². The fourth-order valence-electron chi connectivity index (χ4n) is 5.25. The zero-order valence-electron chi connectivity index (χ0n) is 23.5. The number of hydrogen-bond acceptors (Lipinski definition) is 5. The lowest BCUT2D eigenvalue weighted by molar-refractivity contribution is 0.613. The van der Waals surface area contributed by atoms with Crippen LogP contribution in [0.4, 0.5) is 0 Å². The summed E-state index contributed by atoms with van der Waals surface area (Å²) in [5, 5.41) is 20.2. The number of benzene rings is 3. The van der Waals surface area contributed by atoms with Crippen LogP contribution in [0.3, 0.4) is 0 Å². The average molecular weight is 543 g/mol. The van der Waals surface area contributed by atoms with Crippen LogP contribution in [0.1, 0.15) is 50.3 Å². The number of nitrogens with one attached hydrogen (secondary N) is 1. The van der Waals surface area contributed by atoms with Gasteiger partial charge in [-0.05, 0) is 52.9 Å². The number of aromatic nitrogens is 8. The first-order chi connectivity index (χ1) is 20.2. The van der Waals surface area contributed by atoms with Gasteiger partial charge in [-0.1, -0.05) is 93.1 Å². The van der Waals surface area contributed by atoms with E-state index in [1.165, 1.54) is 5.56 Å². The summed E-state index contributed by atoms with van der Waals surface area (Å²) in [6.07, 6.45) is 5.15. The molecule has 0 unspecified atom stereocenters. The van der Waals surface area contributed by atoms with Crippen LogP contribution in [-0.2, 0) is 19.4 Å². The second kappa shape index (κ2) is 12.1. The standard InChI is InChI=1S/C33H34N8/c1-3-5-17-31-34-30(12-4-2)37-40(31)23-24-18-20-27(21-19-24)41-29(26-15-10-7-11-16-26)22-28(25-13-8-6-9-14-25)32(41)33-35-38-39-36-33/h6-11,13-16,18-22H,3-5,12,17,23H2,1-2H3,(H,35,36,38,39). The summed E-state index contributed by atoms with van der Waals surface area (Å²) < 4.78 is 4.31. The van der Waals surface area contributed by atoms with Crippen molar-refractivity contribution < 1.29 is 0 Å². The third-order valence-corrected chi connectivity index (χ3v) is 7.26. The summed E-state index contributed by atoms with van der Waals surface area (Å²) in [5.74, 6) is 2.55. The van der Waals surface area contributed by atoms with E-state index in [2.05, 4.69) is 123 Å². The van der Waals surface area contributed by atoms with Gasteiger partial charge in [0.1, 0.15) is 11.5 Å². The maximum atomic E-state index is 4.84. The summed E-state index contributed by atoms with van der Waals surface area (Å²) in [6.45, 7) is 5.08. The van der Waals surface area contributed by atoms with Crippen LogP contribution < -0.4 is 0 Å². The zero-order valence-corrected chi connectivity index (χ0v) is 23.5. The molecule has 0 radical (unpaired) electrons. The lowest BCUT2D eigenvalue weighted by Gasteiger charge is -2.14. The summed E-state index contributed by atoms with van der Waals surface area (Å²) in [6, 6.07) is 31.7. The van der Waals surface area contributed by atoms with Crippen LogP contribution in [0.2, 0.25) is 0 Å². The molecule has 0 atom stereocenters. The lowest BCUT2D eigenvalue weighted by Crippen LogP contribution is -2.08. The SMILES string of the molecule is CCCCc1nc(CCC)nn1Cc1ccc(-n2c(-c3ccccc3)cc(-c3ccccc3)c2-c2nn[nH]n2)cc1. The Morgan fingerprint density at radius 2 is 1.51 bits per heavy atom. The van der Waals surface area contributed by atoms with Crippen molar-refractivity contribution in [2.45, 2.75) is 52.5 Å². The van der Waals surface area contributed by atoms with Gasteiger partial charge in [0.25, 0.3) is 0 Å². The highest BCUT2D eigenvalue weighted by Crippen LogP contribution is 2.39. The number of nitrogens with zero attached hydrogens (tertiary/aromatic N) is 7. The number of rotatable bonds is 11.